The van der Waals surface area contributed by atoms with E-state index in [1.807, 2.05) is 0 Å². The molecule has 0 aliphatic heterocycles. The highest BCUT2D eigenvalue weighted by atomic mass is 32.2. The summed E-state index contributed by atoms with van der Waals surface area (Å²) in [5.74, 6) is -12.1. The van der Waals surface area contributed by atoms with Gasteiger partial charge in [0.25, 0.3) is 0 Å². The minimum absolute atomic E-state index is 0.507. The van der Waals surface area contributed by atoms with E-state index in [2.05, 4.69) is 4.98 Å². The molecule has 4 nitrogen and oxygen atoms in total. The van der Waals surface area contributed by atoms with Crippen LogP contribution in [0, 0.1) is 6.92 Å². The summed E-state index contributed by atoms with van der Waals surface area (Å²) in [6.45, 7) is -0.678. The number of sulfonamides is 1. The van der Waals surface area contributed by atoms with Crippen molar-refractivity contribution < 1.29 is 39.2 Å². The van der Waals surface area contributed by atoms with Crippen LogP contribution in [0.2, 0.25) is 0 Å². The molecule has 0 radical (unpaired) electrons. The average molecular weight is 436 g/mol. The molecule has 0 bridgehead atoms. The third kappa shape index (κ3) is 4.41. The van der Waals surface area contributed by atoms with Gasteiger partial charge in [-0.1, -0.05) is 12.1 Å². The van der Waals surface area contributed by atoms with E-state index in [9.17, 15) is 39.2 Å². The molecule has 1 N–H and O–H groups in total. The molecular weight excluding hydrogens is 425 g/mol. The highest BCUT2D eigenvalue weighted by Crippen LogP contribution is 2.46. The van der Waals surface area contributed by atoms with E-state index in [1.54, 1.807) is 12.3 Å². The molecule has 1 aromatic carbocycles. The number of hydrogen-bond acceptors (Lipinski definition) is 4. The van der Waals surface area contributed by atoms with Crippen molar-refractivity contribution in [3.05, 3.63) is 34.7 Å². The summed E-state index contributed by atoms with van der Waals surface area (Å²) in [5, 5.41) is 2.44. The zero-order valence-corrected chi connectivity index (χ0v) is 15.0. The first-order chi connectivity index (χ1) is 12.2. The number of alkyl halides is 7. The Hall–Kier alpha value is -1.73. The first-order valence-electron chi connectivity index (χ1n) is 7.02. The number of aryl methyl sites for hydroxylation is 1. The van der Waals surface area contributed by atoms with Gasteiger partial charge < -0.3 is 0 Å². The van der Waals surface area contributed by atoms with Gasteiger partial charge in [-0.15, -0.1) is 11.3 Å². The summed E-state index contributed by atoms with van der Waals surface area (Å²) in [6.07, 6.45) is -6.53. The second-order valence-electron chi connectivity index (χ2n) is 5.38. The van der Waals surface area contributed by atoms with E-state index in [4.69, 9.17) is 0 Å². The molecule has 150 valence electrons. The Kier molecular flexibility index (Phi) is 5.61. The second kappa shape index (κ2) is 7.02. The van der Waals surface area contributed by atoms with Crippen LogP contribution in [0.1, 0.15) is 5.01 Å². The SMILES string of the molecule is Cc1nc(-c2ccc(S(=O)(=O)NCC(F)(F)C(F)(F)C(F)(F)F)cc2)cs1. The van der Waals surface area contributed by atoms with Crippen LogP contribution in [0.25, 0.3) is 11.3 Å². The Labute approximate surface area is 153 Å². The van der Waals surface area contributed by atoms with E-state index in [1.165, 1.54) is 23.5 Å². The van der Waals surface area contributed by atoms with Crippen molar-refractivity contribution in [2.45, 2.75) is 29.8 Å². The number of halogens is 7. The monoisotopic (exact) mass is 436 g/mol. The van der Waals surface area contributed by atoms with Gasteiger partial charge in [-0.05, 0) is 19.1 Å². The number of thiazole rings is 1. The lowest BCUT2D eigenvalue weighted by Gasteiger charge is -2.28. The molecule has 0 spiro atoms. The average Bonchev–Trinajstić information content (AvgIpc) is 2.99. The zero-order chi connectivity index (χ0) is 20.7. The van der Waals surface area contributed by atoms with Crippen molar-refractivity contribution >= 4 is 21.4 Å². The Morgan fingerprint density at radius 1 is 1.04 bits per heavy atom. The summed E-state index contributed by atoms with van der Waals surface area (Å²) in [4.78, 5) is 3.58. The van der Waals surface area contributed by atoms with Gasteiger partial charge in [0.05, 0.1) is 22.1 Å². The number of nitrogens with one attached hydrogen (secondary N) is 1. The van der Waals surface area contributed by atoms with Crippen LogP contribution in [-0.2, 0) is 10.0 Å². The highest BCUT2D eigenvalue weighted by Gasteiger charge is 2.72. The number of rotatable bonds is 6. The van der Waals surface area contributed by atoms with Crippen LogP contribution in [0.15, 0.2) is 34.5 Å². The van der Waals surface area contributed by atoms with Crippen LogP contribution in [-0.4, -0.2) is 38.0 Å². The molecule has 0 saturated carbocycles. The van der Waals surface area contributed by atoms with Gasteiger partial charge in [0, 0.05) is 10.9 Å². The Bertz CT molecular complexity index is 906. The van der Waals surface area contributed by atoms with Gasteiger partial charge in [0.1, 0.15) is 0 Å². The third-order valence-corrected chi connectivity index (χ3v) is 5.57. The largest absolute Gasteiger partial charge is 0.459 e. The van der Waals surface area contributed by atoms with Crippen molar-refractivity contribution in [3.8, 4) is 11.3 Å². The fourth-order valence-corrected chi connectivity index (χ4v) is 3.54. The standard InChI is InChI=1S/C14H11F7N2O2S2/c1-8-23-11(6-26-8)9-2-4-10(5-3-9)27(24,25)22-7-12(15,16)13(17,18)14(19,20)21/h2-6,22H,7H2,1H3. The number of hydrogen-bond donors (Lipinski definition) is 1. The predicted octanol–water partition coefficient (Wildman–Crippen LogP) is 4.23. The van der Waals surface area contributed by atoms with Crippen LogP contribution in [0.5, 0.6) is 0 Å². The molecule has 1 aromatic heterocycles. The maximum Gasteiger partial charge on any atom is 0.459 e. The summed E-state index contributed by atoms with van der Waals surface area (Å²) in [5.41, 5.74) is 1.04. The lowest BCUT2D eigenvalue weighted by molar-refractivity contribution is -0.352. The van der Waals surface area contributed by atoms with Gasteiger partial charge in [-0.3, -0.25) is 0 Å². The molecule has 0 unspecified atom stereocenters. The fraction of sp³-hybridized carbons (Fsp3) is 0.357. The number of benzene rings is 1. The van der Waals surface area contributed by atoms with Crippen LogP contribution < -0.4 is 4.72 Å². The van der Waals surface area contributed by atoms with Gasteiger partial charge in [-0.2, -0.15) is 30.7 Å². The molecule has 0 amide bonds. The molecule has 0 atom stereocenters. The molecule has 2 aromatic rings. The Balaban J connectivity index is 2.17. The lowest BCUT2D eigenvalue weighted by Crippen LogP contribution is -2.56. The Morgan fingerprint density at radius 2 is 1.59 bits per heavy atom. The van der Waals surface area contributed by atoms with Crippen LogP contribution in [0.3, 0.4) is 0 Å². The molecule has 0 fully saturated rings. The van der Waals surface area contributed by atoms with Gasteiger partial charge >= 0.3 is 18.0 Å². The van der Waals surface area contributed by atoms with Crippen molar-refractivity contribution in [1.29, 1.82) is 0 Å². The molecular formula is C14H11F7N2O2S2. The zero-order valence-electron chi connectivity index (χ0n) is 13.3. The summed E-state index contributed by atoms with van der Waals surface area (Å²) >= 11 is 1.34. The first-order valence-corrected chi connectivity index (χ1v) is 9.38. The Morgan fingerprint density at radius 3 is 2.04 bits per heavy atom. The lowest BCUT2D eigenvalue weighted by atomic mass is 10.1. The molecule has 0 saturated heterocycles. The van der Waals surface area contributed by atoms with Gasteiger partial charge in [0.15, 0.2) is 0 Å². The van der Waals surface area contributed by atoms with E-state index in [0.29, 0.717) is 11.3 Å². The van der Waals surface area contributed by atoms with Crippen molar-refractivity contribution in [2.75, 3.05) is 6.54 Å². The third-order valence-electron chi connectivity index (χ3n) is 3.38. The quantitative estimate of drug-likeness (QED) is 0.690. The molecule has 13 heteroatoms. The number of nitrogens with zero attached hydrogens (tertiary/aromatic N) is 1. The van der Waals surface area contributed by atoms with Crippen molar-refractivity contribution in [2.24, 2.45) is 0 Å². The van der Waals surface area contributed by atoms with Crippen molar-refractivity contribution in [1.82, 2.24) is 9.71 Å². The topological polar surface area (TPSA) is 59.1 Å². The van der Waals surface area contributed by atoms with Gasteiger partial charge in [0.2, 0.25) is 10.0 Å². The van der Waals surface area contributed by atoms with E-state index in [-0.39, 0.29) is 0 Å². The maximum absolute atomic E-state index is 13.2. The highest BCUT2D eigenvalue weighted by molar-refractivity contribution is 7.89. The maximum atomic E-state index is 13.2. The molecule has 0 aliphatic carbocycles. The molecule has 2 rings (SSSR count). The number of aromatic nitrogens is 1. The first kappa shape index (κ1) is 21.6. The smallest absolute Gasteiger partial charge is 0.242 e. The van der Waals surface area contributed by atoms with Crippen LogP contribution >= 0.6 is 11.3 Å². The molecule has 1 heterocycles. The van der Waals surface area contributed by atoms with Crippen molar-refractivity contribution in [3.63, 3.8) is 0 Å². The minimum atomic E-state index is -6.53. The van der Waals surface area contributed by atoms with E-state index >= 15 is 0 Å². The predicted molar refractivity (Wildman–Crippen MR) is 83.4 cm³/mol. The second-order valence-corrected chi connectivity index (χ2v) is 8.21. The summed E-state index contributed by atoms with van der Waals surface area (Å²) in [7, 11) is -4.74. The fourth-order valence-electron chi connectivity index (χ4n) is 1.89. The normalized spacial score (nSPS) is 13.8. The summed E-state index contributed by atoms with van der Waals surface area (Å²) in [6, 6.07) is 4.58. The summed E-state index contributed by atoms with van der Waals surface area (Å²) < 4.78 is 113. The minimum Gasteiger partial charge on any atom is -0.242 e. The van der Waals surface area contributed by atoms with E-state index in [0.717, 1.165) is 21.9 Å². The van der Waals surface area contributed by atoms with Crippen LogP contribution in [0.4, 0.5) is 30.7 Å². The molecule has 0 aliphatic rings. The van der Waals surface area contributed by atoms with E-state index < -0.39 is 39.5 Å². The van der Waals surface area contributed by atoms with Gasteiger partial charge in [-0.25, -0.2) is 18.1 Å². The molecule has 27 heavy (non-hydrogen) atoms.